The molecule has 0 bridgehead atoms. The lowest BCUT2D eigenvalue weighted by molar-refractivity contribution is 0.239. The van der Waals surface area contributed by atoms with E-state index < -0.39 is 0 Å². The van der Waals surface area contributed by atoms with E-state index in [9.17, 15) is 0 Å². The molecule has 1 aliphatic heterocycles. The summed E-state index contributed by atoms with van der Waals surface area (Å²) in [6, 6.07) is 9.67. The number of nitriles is 1. The zero-order chi connectivity index (χ0) is 13.5. The second kappa shape index (κ2) is 6.79. The Hall–Kier alpha value is -2.02. The van der Waals surface area contributed by atoms with Gasteiger partial charge in [-0.15, -0.1) is 0 Å². The van der Waals surface area contributed by atoms with Gasteiger partial charge in [-0.3, -0.25) is 5.01 Å². The molecule has 0 unspecified atom stereocenters. The minimum Gasteiger partial charge on any atom is -0.479 e. The van der Waals surface area contributed by atoms with Gasteiger partial charge in [0, 0.05) is 13.1 Å². The molecule has 0 amide bonds. The number of hydrogen-bond donors (Lipinski definition) is 0. The predicted octanol–water partition coefficient (Wildman–Crippen LogP) is 2.80. The number of hydrogen-bond acceptors (Lipinski definition) is 4. The van der Waals surface area contributed by atoms with Gasteiger partial charge >= 0.3 is 0 Å². The Labute approximate surface area is 114 Å². The SMILES string of the molecule is CC(=NN1CCCCC1)c1ccc(OCC#N)cc1. The Morgan fingerprint density at radius 3 is 2.58 bits per heavy atom. The zero-order valence-corrected chi connectivity index (χ0v) is 11.3. The van der Waals surface area contributed by atoms with E-state index in [-0.39, 0.29) is 6.61 Å². The maximum atomic E-state index is 8.45. The molecule has 0 spiro atoms. The second-order valence-corrected chi connectivity index (χ2v) is 4.67. The third kappa shape index (κ3) is 3.99. The Kier molecular flexibility index (Phi) is 4.79. The molecule has 100 valence electrons. The van der Waals surface area contributed by atoms with Crippen LogP contribution < -0.4 is 4.74 Å². The van der Waals surface area contributed by atoms with Crippen molar-refractivity contribution in [3.63, 3.8) is 0 Å². The van der Waals surface area contributed by atoms with Gasteiger partial charge in [0.2, 0.25) is 0 Å². The maximum absolute atomic E-state index is 8.45. The first-order chi connectivity index (χ1) is 9.29. The van der Waals surface area contributed by atoms with Crippen molar-refractivity contribution in [2.24, 2.45) is 5.10 Å². The molecular weight excluding hydrogens is 238 g/mol. The summed E-state index contributed by atoms with van der Waals surface area (Å²) in [6.07, 6.45) is 3.78. The summed E-state index contributed by atoms with van der Waals surface area (Å²) < 4.78 is 5.23. The fourth-order valence-corrected chi connectivity index (χ4v) is 2.16. The largest absolute Gasteiger partial charge is 0.479 e. The molecule has 0 atom stereocenters. The van der Waals surface area contributed by atoms with E-state index in [1.54, 1.807) is 0 Å². The summed E-state index contributed by atoms with van der Waals surface area (Å²) >= 11 is 0. The van der Waals surface area contributed by atoms with Gasteiger partial charge in [-0.2, -0.15) is 10.4 Å². The van der Waals surface area contributed by atoms with Crippen LogP contribution in [0.1, 0.15) is 31.7 Å². The molecule has 1 aliphatic rings. The summed E-state index contributed by atoms with van der Waals surface area (Å²) in [7, 11) is 0. The van der Waals surface area contributed by atoms with Gasteiger partial charge in [0.25, 0.3) is 0 Å². The monoisotopic (exact) mass is 257 g/mol. The Morgan fingerprint density at radius 1 is 1.26 bits per heavy atom. The van der Waals surface area contributed by atoms with Crippen molar-refractivity contribution in [2.45, 2.75) is 26.2 Å². The average Bonchev–Trinajstić information content (AvgIpc) is 2.46. The normalized spacial score (nSPS) is 16.0. The quantitative estimate of drug-likeness (QED) is 0.779. The third-order valence-electron chi connectivity index (χ3n) is 3.20. The molecule has 2 rings (SSSR count). The lowest BCUT2D eigenvalue weighted by Crippen LogP contribution is -2.25. The molecule has 4 heteroatoms. The van der Waals surface area contributed by atoms with Crippen LogP contribution in [-0.2, 0) is 0 Å². The van der Waals surface area contributed by atoms with Gasteiger partial charge in [0.1, 0.15) is 11.8 Å². The molecule has 0 aromatic heterocycles. The van der Waals surface area contributed by atoms with Gasteiger partial charge in [-0.25, -0.2) is 0 Å². The molecule has 1 aromatic carbocycles. The summed E-state index contributed by atoms with van der Waals surface area (Å²) in [4.78, 5) is 0. The number of nitrogens with zero attached hydrogens (tertiary/aromatic N) is 3. The fraction of sp³-hybridized carbons (Fsp3) is 0.467. The van der Waals surface area contributed by atoms with Crippen LogP contribution in [-0.4, -0.2) is 30.4 Å². The van der Waals surface area contributed by atoms with Crippen molar-refractivity contribution in [3.05, 3.63) is 29.8 Å². The van der Waals surface area contributed by atoms with E-state index in [0.717, 1.165) is 30.1 Å². The molecular formula is C15H19N3O. The van der Waals surface area contributed by atoms with Crippen molar-refractivity contribution in [2.75, 3.05) is 19.7 Å². The molecule has 1 aromatic rings. The van der Waals surface area contributed by atoms with E-state index in [4.69, 9.17) is 10.00 Å². The Bertz CT molecular complexity index is 467. The highest BCUT2D eigenvalue weighted by Crippen LogP contribution is 2.14. The molecule has 4 nitrogen and oxygen atoms in total. The van der Waals surface area contributed by atoms with E-state index >= 15 is 0 Å². The highest BCUT2D eigenvalue weighted by molar-refractivity contribution is 5.98. The lowest BCUT2D eigenvalue weighted by atomic mass is 10.1. The standard InChI is InChI=1S/C15H19N3O/c1-13(17-18-10-3-2-4-11-18)14-5-7-15(8-6-14)19-12-9-16/h5-8H,2-4,10-12H2,1H3. The molecule has 0 radical (unpaired) electrons. The van der Waals surface area contributed by atoms with Crippen molar-refractivity contribution >= 4 is 5.71 Å². The topological polar surface area (TPSA) is 48.6 Å². The van der Waals surface area contributed by atoms with Crippen LogP contribution in [0.15, 0.2) is 29.4 Å². The van der Waals surface area contributed by atoms with E-state index in [0.29, 0.717) is 0 Å². The number of rotatable bonds is 4. The van der Waals surface area contributed by atoms with Gasteiger partial charge in [-0.1, -0.05) is 0 Å². The minimum atomic E-state index is 0.0835. The molecule has 1 heterocycles. The summed E-state index contributed by atoms with van der Waals surface area (Å²) in [5.74, 6) is 0.719. The van der Waals surface area contributed by atoms with Crippen LogP contribution in [0.5, 0.6) is 5.75 Å². The van der Waals surface area contributed by atoms with Crippen LogP contribution in [0.4, 0.5) is 0 Å². The van der Waals surface area contributed by atoms with Gasteiger partial charge < -0.3 is 4.74 Å². The number of benzene rings is 1. The second-order valence-electron chi connectivity index (χ2n) is 4.67. The smallest absolute Gasteiger partial charge is 0.174 e. The fourth-order valence-electron chi connectivity index (χ4n) is 2.16. The molecule has 0 N–H and O–H groups in total. The summed E-state index contributed by atoms with van der Waals surface area (Å²) in [5.41, 5.74) is 2.11. The maximum Gasteiger partial charge on any atom is 0.174 e. The number of ether oxygens (including phenoxy) is 1. The first-order valence-electron chi connectivity index (χ1n) is 6.70. The van der Waals surface area contributed by atoms with E-state index in [2.05, 4.69) is 10.1 Å². The Balaban J connectivity index is 2.00. The van der Waals surface area contributed by atoms with Crippen LogP contribution in [0, 0.1) is 11.3 Å². The van der Waals surface area contributed by atoms with Crippen LogP contribution in [0.25, 0.3) is 0 Å². The number of piperidine rings is 1. The van der Waals surface area contributed by atoms with Crippen molar-refractivity contribution in [1.29, 1.82) is 5.26 Å². The van der Waals surface area contributed by atoms with Gasteiger partial charge in [0.05, 0.1) is 5.71 Å². The summed E-state index contributed by atoms with van der Waals surface area (Å²) in [6.45, 7) is 4.22. The van der Waals surface area contributed by atoms with Gasteiger partial charge in [0.15, 0.2) is 6.61 Å². The van der Waals surface area contributed by atoms with E-state index in [1.807, 2.05) is 37.3 Å². The molecule has 1 saturated heterocycles. The average molecular weight is 257 g/mol. The van der Waals surface area contributed by atoms with Crippen LogP contribution in [0.2, 0.25) is 0 Å². The first kappa shape index (κ1) is 13.4. The molecule has 19 heavy (non-hydrogen) atoms. The van der Waals surface area contributed by atoms with Crippen molar-refractivity contribution < 1.29 is 4.74 Å². The van der Waals surface area contributed by atoms with Gasteiger partial charge in [-0.05, 0) is 56.0 Å². The molecule has 0 aliphatic carbocycles. The van der Waals surface area contributed by atoms with Crippen LogP contribution >= 0.6 is 0 Å². The number of hydrazone groups is 1. The highest BCUT2D eigenvalue weighted by atomic mass is 16.5. The van der Waals surface area contributed by atoms with E-state index in [1.165, 1.54) is 19.3 Å². The first-order valence-corrected chi connectivity index (χ1v) is 6.70. The predicted molar refractivity (Wildman–Crippen MR) is 75.2 cm³/mol. The lowest BCUT2D eigenvalue weighted by Gasteiger charge is -2.24. The summed E-state index contributed by atoms with van der Waals surface area (Å²) in [5, 5.41) is 15.3. The van der Waals surface area contributed by atoms with Crippen molar-refractivity contribution in [3.8, 4) is 11.8 Å². The molecule has 0 saturated carbocycles. The highest BCUT2D eigenvalue weighted by Gasteiger charge is 2.08. The van der Waals surface area contributed by atoms with Crippen LogP contribution in [0.3, 0.4) is 0 Å². The minimum absolute atomic E-state index is 0.0835. The van der Waals surface area contributed by atoms with Crippen molar-refractivity contribution in [1.82, 2.24) is 5.01 Å². The molecule has 1 fully saturated rings. The third-order valence-corrected chi connectivity index (χ3v) is 3.20. The Morgan fingerprint density at radius 2 is 1.95 bits per heavy atom. The zero-order valence-electron chi connectivity index (χ0n) is 11.3.